The van der Waals surface area contributed by atoms with E-state index in [-0.39, 0.29) is 12.0 Å². The Morgan fingerprint density at radius 3 is 2.50 bits per heavy atom. The predicted octanol–water partition coefficient (Wildman–Crippen LogP) is 3.56. The van der Waals surface area contributed by atoms with Gasteiger partial charge in [-0.15, -0.1) is 0 Å². The Labute approximate surface area is 217 Å². The van der Waals surface area contributed by atoms with Gasteiger partial charge in [-0.1, -0.05) is 43.5 Å². The van der Waals surface area contributed by atoms with Crippen molar-refractivity contribution in [1.82, 2.24) is 20.0 Å². The second-order valence-corrected chi connectivity index (χ2v) is 11.3. The minimum atomic E-state index is -0.202. The molecule has 1 aromatic carbocycles. The molecule has 2 N–H and O–H groups in total. The summed E-state index contributed by atoms with van der Waals surface area (Å²) in [5, 5.41) is 12.5. The summed E-state index contributed by atoms with van der Waals surface area (Å²) in [4.78, 5) is 17.4. The monoisotopic (exact) mass is 492 g/mol. The van der Waals surface area contributed by atoms with Gasteiger partial charge in [0.2, 0.25) is 5.96 Å². The number of aliphatic hydroxyl groups is 1. The highest BCUT2D eigenvalue weighted by Gasteiger charge is 2.47. The highest BCUT2D eigenvalue weighted by atomic mass is 16.2. The highest BCUT2D eigenvalue weighted by Crippen LogP contribution is 2.46. The number of unbranched alkanes of at least 4 members (excludes halogenated alkanes) is 1. The molecule has 2 fully saturated rings. The second kappa shape index (κ2) is 11.4. The third-order valence-corrected chi connectivity index (χ3v) is 8.46. The fraction of sp³-hybridized carbons (Fsp3) is 0.655. The number of likely N-dealkylation sites (N-methyl/N-ethyl adjacent to an activating group) is 1. The maximum absolute atomic E-state index is 9.08. The van der Waals surface area contributed by atoms with E-state index in [1.54, 1.807) is 0 Å². The van der Waals surface area contributed by atoms with E-state index in [4.69, 9.17) is 15.1 Å². The van der Waals surface area contributed by atoms with Crippen LogP contribution in [0.5, 0.6) is 0 Å². The number of fused-ring (bicyclic) bond motifs is 1. The minimum Gasteiger partial charge on any atom is -0.396 e. The second-order valence-electron chi connectivity index (χ2n) is 11.3. The van der Waals surface area contributed by atoms with E-state index >= 15 is 0 Å². The van der Waals surface area contributed by atoms with Crippen molar-refractivity contribution in [2.75, 3.05) is 52.9 Å². The van der Waals surface area contributed by atoms with E-state index < -0.39 is 0 Å². The quantitative estimate of drug-likeness (QED) is 0.543. The van der Waals surface area contributed by atoms with Crippen LogP contribution in [-0.2, 0) is 6.54 Å². The van der Waals surface area contributed by atoms with E-state index in [0.717, 1.165) is 63.9 Å². The molecule has 1 atom stereocenters. The topological polar surface area (TPSA) is 66.7 Å². The van der Waals surface area contributed by atoms with Crippen LogP contribution in [0, 0.1) is 5.41 Å². The predicted molar refractivity (Wildman–Crippen MR) is 148 cm³/mol. The molecule has 3 heterocycles. The molecule has 1 saturated carbocycles. The summed E-state index contributed by atoms with van der Waals surface area (Å²) >= 11 is 0. The van der Waals surface area contributed by atoms with Gasteiger partial charge in [-0.3, -0.25) is 4.90 Å². The molecular weight excluding hydrogens is 448 g/mol. The molecule has 7 nitrogen and oxygen atoms in total. The van der Waals surface area contributed by atoms with Crippen molar-refractivity contribution in [3.05, 3.63) is 41.6 Å². The molecule has 4 aliphatic rings. The molecule has 0 aromatic heterocycles. The van der Waals surface area contributed by atoms with Gasteiger partial charge in [-0.25, -0.2) is 4.99 Å². The molecule has 7 heteroatoms. The standard InChI is InChI=1S/C29H44N6O/c1-29-22-31-28(30-14-6-7-19-36)32-27(29)35(25-8-4-3-5-9-25)21-26(29)24-12-10-23(11-13-24)20-34-17-15-33(2)16-18-34/h10-13,21,25,36H,3-9,14-20,22H2,1-2H3,(H,30,31). The minimum absolute atomic E-state index is 0.202. The van der Waals surface area contributed by atoms with Gasteiger partial charge in [0.15, 0.2) is 0 Å². The van der Waals surface area contributed by atoms with Gasteiger partial charge in [0.1, 0.15) is 5.84 Å². The Kier molecular flexibility index (Phi) is 8.09. The average Bonchev–Trinajstić information content (AvgIpc) is 3.21. The van der Waals surface area contributed by atoms with Crippen LogP contribution < -0.4 is 5.32 Å². The number of piperazine rings is 1. The van der Waals surface area contributed by atoms with Gasteiger partial charge in [-0.2, -0.15) is 4.99 Å². The fourth-order valence-corrected chi connectivity index (χ4v) is 6.07. The van der Waals surface area contributed by atoms with E-state index in [2.05, 4.69) is 64.5 Å². The number of hydrogen-bond acceptors (Lipinski definition) is 7. The lowest BCUT2D eigenvalue weighted by atomic mass is 9.79. The van der Waals surface area contributed by atoms with Crippen molar-refractivity contribution in [2.24, 2.45) is 15.4 Å². The summed E-state index contributed by atoms with van der Waals surface area (Å²) in [6.45, 7) is 9.70. The Hall–Kier alpha value is -2.22. The van der Waals surface area contributed by atoms with Crippen molar-refractivity contribution in [3.8, 4) is 0 Å². The number of rotatable bonds is 8. The zero-order valence-corrected chi connectivity index (χ0v) is 22.3. The number of hydrogen-bond donors (Lipinski definition) is 2. The molecule has 0 bridgehead atoms. The van der Waals surface area contributed by atoms with Crippen molar-refractivity contribution in [3.63, 3.8) is 0 Å². The maximum atomic E-state index is 9.08. The van der Waals surface area contributed by atoms with Gasteiger partial charge in [0.05, 0.1) is 12.0 Å². The molecule has 5 rings (SSSR count). The largest absolute Gasteiger partial charge is 0.396 e. The van der Waals surface area contributed by atoms with Crippen molar-refractivity contribution >= 4 is 17.4 Å². The number of guanidine groups is 1. The lowest BCUT2D eigenvalue weighted by Gasteiger charge is -2.37. The van der Waals surface area contributed by atoms with Crippen LogP contribution >= 0.6 is 0 Å². The van der Waals surface area contributed by atoms with Gasteiger partial charge in [0, 0.05) is 58.1 Å². The van der Waals surface area contributed by atoms with Crippen LogP contribution in [0.4, 0.5) is 0 Å². The molecule has 1 aliphatic carbocycles. The number of aliphatic hydroxyl groups excluding tert-OH is 1. The normalized spacial score (nSPS) is 25.9. The molecule has 0 amide bonds. The number of nitrogens with one attached hydrogen (secondary N) is 1. The first kappa shape index (κ1) is 25.4. The van der Waals surface area contributed by atoms with Crippen molar-refractivity contribution in [1.29, 1.82) is 0 Å². The molecule has 1 unspecified atom stereocenters. The summed E-state index contributed by atoms with van der Waals surface area (Å²) in [6, 6.07) is 9.80. The summed E-state index contributed by atoms with van der Waals surface area (Å²) in [7, 11) is 2.21. The van der Waals surface area contributed by atoms with Gasteiger partial charge in [0.25, 0.3) is 0 Å². The van der Waals surface area contributed by atoms with Gasteiger partial charge >= 0.3 is 0 Å². The molecule has 3 aliphatic heterocycles. The SMILES string of the molecule is CN1CCN(Cc2ccc(C3=CN(C4CCCCC4)C4=NC(NCCCCO)=NCC34C)cc2)CC1. The highest BCUT2D eigenvalue weighted by molar-refractivity contribution is 6.11. The third-order valence-electron chi connectivity index (χ3n) is 8.46. The third kappa shape index (κ3) is 5.53. The van der Waals surface area contributed by atoms with E-state index in [9.17, 15) is 0 Å². The smallest absolute Gasteiger partial charge is 0.219 e. The number of aliphatic imine (C=N–C) groups is 2. The molecule has 0 radical (unpaired) electrons. The van der Waals surface area contributed by atoms with Crippen molar-refractivity contribution < 1.29 is 5.11 Å². The Morgan fingerprint density at radius 1 is 1.03 bits per heavy atom. The summed E-state index contributed by atoms with van der Waals surface area (Å²) < 4.78 is 0. The van der Waals surface area contributed by atoms with Crippen LogP contribution in [0.3, 0.4) is 0 Å². The van der Waals surface area contributed by atoms with Crippen LogP contribution in [0.1, 0.15) is 63.0 Å². The first-order valence-electron chi connectivity index (χ1n) is 14.1. The summed E-state index contributed by atoms with van der Waals surface area (Å²) in [5.41, 5.74) is 3.83. The number of benzene rings is 1. The van der Waals surface area contributed by atoms with Gasteiger partial charge in [-0.05, 0) is 56.4 Å². The maximum Gasteiger partial charge on any atom is 0.219 e. The molecule has 0 spiro atoms. The lowest BCUT2D eigenvalue weighted by molar-refractivity contribution is 0.148. The molecule has 1 saturated heterocycles. The Morgan fingerprint density at radius 2 is 1.78 bits per heavy atom. The summed E-state index contributed by atoms with van der Waals surface area (Å²) in [6.07, 6.45) is 10.5. The Bertz CT molecular complexity index is 972. The fourth-order valence-electron chi connectivity index (χ4n) is 6.07. The van der Waals surface area contributed by atoms with E-state index in [1.807, 2.05) is 0 Å². The van der Waals surface area contributed by atoms with Crippen LogP contribution in [0.15, 0.2) is 40.5 Å². The van der Waals surface area contributed by atoms with Crippen LogP contribution in [-0.4, -0.2) is 90.6 Å². The van der Waals surface area contributed by atoms with Crippen LogP contribution in [0.25, 0.3) is 5.57 Å². The molecule has 36 heavy (non-hydrogen) atoms. The number of nitrogens with zero attached hydrogens (tertiary/aromatic N) is 5. The lowest BCUT2D eigenvalue weighted by Crippen LogP contribution is -2.46. The molecule has 1 aromatic rings. The first-order valence-corrected chi connectivity index (χ1v) is 14.1. The Balaban J connectivity index is 1.34. The zero-order chi connectivity index (χ0) is 25.0. The molecule has 196 valence electrons. The first-order chi connectivity index (χ1) is 17.6. The van der Waals surface area contributed by atoms with E-state index in [1.165, 1.54) is 48.8 Å². The van der Waals surface area contributed by atoms with Crippen molar-refractivity contribution in [2.45, 2.75) is 64.5 Å². The van der Waals surface area contributed by atoms with Crippen LogP contribution in [0.2, 0.25) is 0 Å². The summed E-state index contributed by atoms with van der Waals surface area (Å²) in [5.74, 6) is 1.91. The zero-order valence-electron chi connectivity index (χ0n) is 22.3. The van der Waals surface area contributed by atoms with Gasteiger partial charge < -0.3 is 20.2 Å². The van der Waals surface area contributed by atoms with E-state index in [0.29, 0.717) is 12.6 Å². The molecular formula is C29H44N6O. The number of amidine groups is 1. The average molecular weight is 493 g/mol.